The van der Waals surface area contributed by atoms with Crippen molar-refractivity contribution in [2.75, 3.05) is 12.5 Å². The second-order valence-electron chi connectivity index (χ2n) is 3.09. The van der Waals surface area contributed by atoms with Crippen LogP contribution in [-0.4, -0.2) is 35.8 Å². The fourth-order valence-corrected chi connectivity index (χ4v) is 1.94. The van der Waals surface area contributed by atoms with Gasteiger partial charge in [-0.15, -0.1) is 9.42 Å². The van der Waals surface area contributed by atoms with Crippen molar-refractivity contribution in [1.29, 1.82) is 0 Å². The maximum absolute atomic E-state index is 10.3. The largest absolute Gasteiger partial charge is 0.694 e. The molecule has 1 aliphatic rings. The third-order valence-corrected chi connectivity index (χ3v) is 2.54. The van der Waals surface area contributed by atoms with Crippen molar-refractivity contribution in [3.8, 4) is 0 Å². The average molecular weight is 241 g/mol. The van der Waals surface area contributed by atoms with Crippen LogP contribution in [0.5, 0.6) is 0 Å². The molecular weight excluding hydrogens is 227 g/mol. The van der Waals surface area contributed by atoms with Crippen LogP contribution in [0.3, 0.4) is 0 Å². The highest BCUT2D eigenvalue weighted by molar-refractivity contribution is 7.80. The minimum atomic E-state index is -2.56. The van der Waals surface area contributed by atoms with E-state index in [1.807, 2.05) is 6.92 Å². The predicted molar refractivity (Wildman–Crippen MR) is 53.5 cm³/mol. The zero-order chi connectivity index (χ0) is 10.6. The van der Waals surface area contributed by atoms with Crippen molar-refractivity contribution < 1.29 is 23.5 Å². The van der Waals surface area contributed by atoms with Crippen LogP contribution in [0.4, 0.5) is 0 Å². The van der Waals surface area contributed by atoms with Crippen LogP contribution < -0.4 is 0 Å². The van der Waals surface area contributed by atoms with Gasteiger partial charge in [0.1, 0.15) is 12.7 Å². The Labute approximate surface area is 89.1 Å². The van der Waals surface area contributed by atoms with Crippen molar-refractivity contribution in [3.63, 3.8) is 0 Å². The molecular formula is C7H14O5PS+. The van der Waals surface area contributed by atoms with Gasteiger partial charge < -0.3 is 9.47 Å². The van der Waals surface area contributed by atoms with E-state index in [2.05, 4.69) is 17.2 Å². The Morgan fingerprint density at radius 3 is 3.00 bits per heavy atom. The highest BCUT2D eigenvalue weighted by Crippen LogP contribution is 2.26. The molecule has 0 spiro atoms. The van der Waals surface area contributed by atoms with Gasteiger partial charge in [0.25, 0.3) is 0 Å². The molecule has 1 saturated heterocycles. The summed E-state index contributed by atoms with van der Waals surface area (Å²) in [6.07, 6.45) is 0.474. The minimum absolute atomic E-state index is 0.0779. The summed E-state index contributed by atoms with van der Waals surface area (Å²) in [6.45, 7) is 2.00. The van der Waals surface area contributed by atoms with Gasteiger partial charge in [0.15, 0.2) is 0 Å². The molecule has 82 valence electrons. The number of rotatable bonds is 5. The van der Waals surface area contributed by atoms with Crippen molar-refractivity contribution >= 4 is 20.9 Å². The second-order valence-corrected chi connectivity index (χ2v) is 4.08. The third-order valence-electron chi connectivity index (χ3n) is 2.02. The highest BCUT2D eigenvalue weighted by atomic mass is 32.1. The monoisotopic (exact) mass is 241 g/mol. The first-order valence-electron chi connectivity index (χ1n) is 4.30. The Balaban J connectivity index is 2.36. The minimum Gasteiger partial charge on any atom is -0.370 e. The first-order valence-corrected chi connectivity index (χ1v) is 6.06. The highest BCUT2D eigenvalue weighted by Gasteiger charge is 2.35. The molecule has 0 saturated carbocycles. The lowest BCUT2D eigenvalue weighted by molar-refractivity contribution is -0.0282. The molecule has 14 heavy (non-hydrogen) atoms. The molecule has 1 aliphatic heterocycles. The van der Waals surface area contributed by atoms with Crippen LogP contribution in [0.15, 0.2) is 0 Å². The SMILES string of the molecule is C[C@H]1CC(OCS)[C@@H](CO[P+](=O)O)O1. The lowest BCUT2D eigenvalue weighted by Crippen LogP contribution is -2.28. The Morgan fingerprint density at radius 1 is 1.71 bits per heavy atom. The summed E-state index contributed by atoms with van der Waals surface area (Å²) in [6, 6.07) is 0. The van der Waals surface area contributed by atoms with E-state index in [4.69, 9.17) is 14.4 Å². The Hall–Kier alpha value is 0.290. The standard InChI is InChI=1S/C7H13O5PS/c1-5-2-6(10-4-14)7(12-5)3-11-13(8)9/h5-7H,2-4H2,1H3,(H-,8,9,14)/p+1/t5-,6?,7+/m0/s1. The van der Waals surface area contributed by atoms with Gasteiger partial charge in [-0.3, -0.25) is 0 Å². The molecule has 7 heteroatoms. The van der Waals surface area contributed by atoms with Crippen LogP contribution in [-0.2, 0) is 18.6 Å². The Kier molecular flexibility index (Phi) is 5.30. The molecule has 0 aromatic rings. The maximum atomic E-state index is 10.3. The fraction of sp³-hybridized carbons (Fsp3) is 1.00. The molecule has 0 aliphatic carbocycles. The lowest BCUT2D eigenvalue weighted by Gasteiger charge is -2.14. The summed E-state index contributed by atoms with van der Waals surface area (Å²) in [5.41, 5.74) is 0. The van der Waals surface area contributed by atoms with E-state index in [9.17, 15) is 4.57 Å². The molecule has 5 nitrogen and oxygen atoms in total. The topological polar surface area (TPSA) is 65.0 Å². The Morgan fingerprint density at radius 2 is 2.43 bits per heavy atom. The lowest BCUT2D eigenvalue weighted by atomic mass is 10.1. The predicted octanol–water partition coefficient (Wildman–Crippen LogP) is 1.10. The van der Waals surface area contributed by atoms with E-state index >= 15 is 0 Å². The van der Waals surface area contributed by atoms with Crippen LogP contribution >= 0.6 is 20.9 Å². The van der Waals surface area contributed by atoms with E-state index in [0.29, 0.717) is 5.94 Å². The molecule has 0 amide bonds. The van der Waals surface area contributed by atoms with E-state index < -0.39 is 8.25 Å². The van der Waals surface area contributed by atoms with Crippen molar-refractivity contribution in [3.05, 3.63) is 0 Å². The molecule has 0 bridgehead atoms. The van der Waals surface area contributed by atoms with Crippen molar-refractivity contribution in [2.24, 2.45) is 0 Å². The van der Waals surface area contributed by atoms with Gasteiger partial charge in [-0.05, 0) is 6.92 Å². The molecule has 1 rings (SSSR count). The fourth-order valence-electron chi connectivity index (χ4n) is 1.48. The Bertz CT molecular complexity index is 203. The summed E-state index contributed by atoms with van der Waals surface area (Å²) < 4.78 is 25.7. The summed E-state index contributed by atoms with van der Waals surface area (Å²) in [4.78, 5) is 8.47. The number of hydrogen-bond acceptors (Lipinski definition) is 5. The summed E-state index contributed by atoms with van der Waals surface area (Å²) in [7, 11) is -2.56. The molecule has 1 N–H and O–H groups in total. The van der Waals surface area contributed by atoms with Gasteiger partial charge in [0, 0.05) is 11.0 Å². The quantitative estimate of drug-likeness (QED) is 0.428. The van der Waals surface area contributed by atoms with Crippen LogP contribution in [0.1, 0.15) is 13.3 Å². The van der Waals surface area contributed by atoms with Gasteiger partial charge in [0.05, 0.1) is 18.1 Å². The molecule has 0 aromatic carbocycles. The van der Waals surface area contributed by atoms with E-state index in [1.54, 1.807) is 0 Å². The maximum Gasteiger partial charge on any atom is 0.694 e. The van der Waals surface area contributed by atoms with E-state index in [-0.39, 0.29) is 24.9 Å². The summed E-state index contributed by atoms with van der Waals surface area (Å²) in [5.74, 6) is 0.308. The molecule has 4 atom stereocenters. The molecule has 1 heterocycles. The van der Waals surface area contributed by atoms with E-state index in [1.165, 1.54) is 0 Å². The smallest absolute Gasteiger partial charge is 0.370 e. The number of ether oxygens (including phenoxy) is 2. The van der Waals surface area contributed by atoms with E-state index in [0.717, 1.165) is 6.42 Å². The van der Waals surface area contributed by atoms with Crippen molar-refractivity contribution in [1.82, 2.24) is 0 Å². The summed E-state index contributed by atoms with van der Waals surface area (Å²) >= 11 is 3.95. The first kappa shape index (κ1) is 12.4. The summed E-state index contributed by atoms with van der Waals surface area (Å²) in [5, 5.41) is 0. The second kappa shape index (κ2) is 6.00. The third kappa shape index (κ3) is 3.81. The van der Waals surface area contributed by atoms with Crippen LogP contribution in [0.2, 0.25) is 0 Å². The van der Waals surface area contributed by atoms with Gasteiger partial charge in [-0.1, -0.05) is 0 Å². The number of thiol groups is 1. The normalized spacial score (nSPS) is 33.4. The van der Waals surface area contributed by atoms with Gasteiger partial charge in [-0.25, -0.2) is 0 Å². The molecule has 0 aromatic heterocycles. The van der Waals surface area contributed by atoms with Gasteiger partial charge >= 0.3 is 8.25 Å². The van der Waals surface area contributed by atoms with Crippen LogP contribution in [0.25, 0.3) is 0 Å². The number of hydrogen-bond donors (Lipinski definition) is 2. The first-order chi connectivity index (χ1) is 6.63. The molecule has 0 radical (unpaired) electrons. The van der Waals surface area contributed by atoms with Gasteiger partial charge in [-0.2, -0.15) is 12.6 Å². The zero-order valence-electron chi connectivity index (χ0n) is 7.83. The average Bonchev–Trinajstić information content (AvgIpc) is 2.44. The van der Waals surface area contributed by atoms with Gasteiger partial charge in [0.2, 0.25) is 0 Å². The van der Waals surface area contributed by atoms with Crippen molar-refractivity contribution in [2.45, 2.75) is 31.7 Å². The molecule has 1 fully saturated rings. The zero-order valence-corrected chi connectivity index (χ0v) is 9.62. The molecule has 2 unspecified atom stereocenters. The van der Waals surface area contributed by atoms with Crippen LogP contribution in [0, 0.1) is 0 Å².